The Labute approximate surface area is 122 Å². The SMILES string of the molecule is Cc1cc(Br)cnc1N(C)c1ccc2c(c1)CCC2. The van der Waals surface area contributed by atoms with Crippen molar-refractivity contribution in [2.45, 2.75) is 26.2 Å². The molecule has 1 aliphatic rings. The van der Waals surface area contributed by atoms with Crippen molar-refractivity contribution < 1.29 is 0 Å². The summed E-state index contributed by atoms with van der Waals surface area (Å²) in [6.07, 6.45) is 5.59. The Balaban J connectivity index is 1.97. The summed E-state index contributed by atoms with van der Waals surface area (Å²) in [6, 6.07) is 8.88. The lowest BCUT2D eigenvalue weighted by Gasteiger charge is -2.21. The van der Waals surface area contributed by atoms with Crippen LogP contribution in [-0.4, -0.2) is 12.0 Å². The van der Waals surface area contributed by atoms with Gasteiger partial charge in [0, 0.05) is 23.4 Å². The van der Waals surface area contributed by atoms with Gasteiger partial charge in [0.2, 0.25) is 0 Å². The Hall–Kier alpha value is -1.35. The van der Waals surface area contributed by atoms with E-state index in [4.69, 9.17) is 0 Å². The molecule has 0 radical (unpaired) electrons. The zero-order valence-corrected chi connectivity index (χ0v) is 12.9. The van der Waals surface area contributed by atoms with Gasteiger partial charge < -0.3 is 4.90 Å². The van der Waals surface area contributed by atoms with Crippen molar-refractivity contribution >= 4 is 27.4 Å². The first-order valence-corrected chi connectivity index (χ1v) is 7.42. The molecule has 98 valence electrons. The molecule has 0 unspecified atom stereocenters. The van der Waals surface area contributed by atoms with E-state index in [1.807, 2.05) is 6.20 Å². The van der Waals surface area contributed by atoms with E-state index in [1.54, 1.807) is 0 Å². The number of benzene rings is 1. The molecule has 3 rings (SSSR count). The summed E-state index contributed by atoms with van der Waals surface area (Å²) < 4.78 is 1.02. The molecule has 0 saturated carbocycles. The number of nitrogens with zero attached hydrogens (tertiary/aromatic N) is 2. The number of anilines is 2. The van der Waals surface area contributed by atoms with E-state index in [1.165, 1.54) is 41.6 Å². The molecule has 1 aromatic carbocycles. The Morgan fingerprint density at radius 1 is 1.16 bits per heavy atom. The Kier molecular flexibility index (Phi) is 3.31. The van der Waals surface area contributed by atoms with Crippen molar-refractivity contribution in [3.8, 4) is 0 Å². The van der Waals surface area contributed by atoms with Gasteiger partial charge in [-0.2, -0.15) is 0 Å². The molecule has 0 saturated heterocycles. The van der Waals surface area contributed by atoms with Gasteiger partial charge in [0.05, 0.1) is 0 Å². The van der Waals surface area contributed by atoms with E-state index in [-0.39, 0.29) is 0 Å². The van der Waals surface area contributed by atoms with E-state index in [2.05, 4.69) is 64.1 Å². The first-order chi connectivity index (χ1) is 9.15. The maximum atomic E-state index is 4.53. The van der Waals surface area contributed by atoms with Gasteiger partial charge in [0.1, 0.15) is 5.82 Å². The highest BCUT2D eigenvalue weighted by molar-refractivity contribution is 9.10. The molecular weight excluding hydrogens is 300 g/mol. The van der Waals surface area contributed by atoms with Crippen LogP contribution in [0.4, 0.5) is 11.5 Å². The second-order valence-corrected chi connectivity index (χ2v) is 6.08. The standard InChI is InChI=1S/C16H17BrN2/c1-11-8-14(17)10-18-16(11)19(2)15-7-6-12-4-3-5-13(12)9-15/h6-10H,3-5H2,1-2H3. The molecule has 0 aliphatic heterocycles. The summed E-state index contributed by atoms with van der Waals surface area (Å²) in [6.45, 7) is 2.09. The maximum absolute atomic E-state index is 4.53. The number of aromatic nitrogens is 1. The lowest BCUT2D eigenvalue weighted by atomic mass is 10.1. The zero-order valence-electron chi connectivity index (χ0n) is 11.3. The predicted molar refractivity (Wildman–Crippen MR) is 83.2 cm³/mol. The fraction of sp³-hybridized carbons (Fsp3) is 0.312. The number of halogens is 1. The summed E-state index contributed by atoms with van der Waals surface area (Å²) in [5, 5.41) is 0. The second kappa shape index (κ2) is 4.97. The molecule has 0 fully saturated rings. The Morgan fingerprint density at radius 2 is 1.95 bits per heavy atom. The average molecular weight is 317 g/mol. The van der Waals surface area contributed by atoms with E-state index in [0.29, 0.717) is 0 Å². The van der Waals surface area contributed by atoms with E-state index in [0.717, 1.165) is 10.3 Å². The summed E-state index contributed by atoms with van der Waals surface area (Å²) in [5.74, 6) is 1.01. The summed E-state index contributed by atoms with van der Waals surface area (Å²) >= 11 is 3.46. The van der Waals surface area contributed by atoms with Crippen LogP contribution in [0.5, 0.6) is 0 Å². The van der Waals surface area contributed by atoms with E-state index < -0.39 is 0 Å². The molecule has 0 N–H and O–H groups in total. The molecule has 1 heterocycles. The van der Waals surface area contributed by atoms with Crippen LogP contribution in [0.1, 0.15) is 23.1 Å². The molecular formula is C16H17BrN2. The minimum atomic E-state index is 1.01. The van der Waals surface area contributed by atoms with Crippen molar-refractivity contribution in [1.82, 2.24) is 4.98 Å². The number of aryl methyl sites for hydroxylation is 3. The van der Waals surface area contributed by atoms with Gasteiger partial charge in [-0.25, -0.2) is 4.98 Å². The first kappa shape index (κ1) is 12.7. The third-order valence-corrected chi connectivity index (χ3v) is 4.24. The molecule has 3 heteroatoms. The van der Waals surface area contributed by atoms with Gasteiger partial charge >= 0.3 is 0 Å². The van der Waals surface area contributed by atoms with Crippen molar-refractivity contribution in [1.29, 1.82) is 0 Å². The van der Waals surface area contributed by atoms with E-state index in [9.17, 15) is 0 Å². The number of pyridine rings is 1. The van der Waals surface area contributed by atoms with Crippen LogP contribution in [0.15, 0.2) is 34.9 Å². The lowest BCUT2D eigenvalue weighted by molar-refractivity contribution is 0.911. The van der Waals surface area contributed by atoms with Crippen molar-refractivity contribution in [2.75, 3.05) is 11.9 Å². The van der Waals surface area contributed by atoms with Crippen molar-refractivity contribution in [3.05, 3.63) is 51.6 Å². The fourth-order valence-corrected chi connectivity index (χ4v) is 3.22. The fourth-order valence-electron chi connectivity index (χ4n) is 2.77. The quantitative estimate of drug-likeness (QED) is 0.815. The van der Waals surface area contributed by atoms with Crippen LogP contribution in [0.25, 0.3) is 0 Å². The van der Waals surface area contributed by atoms with Crippen LogP contribution in [0, 0.1) is 6.92 Å². The normalized spacial score (nSPS) is 13.4. The van der Waals surface area contributed by atoms with Crippen molar-refractivity contribution in [2.24, 2.45) is 0 Å². The first-order valence-electron chi connectivity index (χ1n) is 6.63. The maximum Gasteiger partial charge on any atom is 0.135 e. The molecule has 1 aliphatic carbocycles. The third kappa shape index (κ3) is 2.39. The van der Waals surface area contributed by atoms with Crippen LogP contribution in [0.3, 0.4) is 0 Å². The largest absolute Gasteiger partial charge is 0.329 e. The molecule has 19 heavy (non-hydrogen) atoms. The minimum Gasteiger partial charge on any atom is -0.329 e. The minimum absolute atomic E-state index is 1.01. The van der Waals surface area contributed by atoms with E-state index >= 15 is 0 Å². The molecule has 2 aromatic rings. The molecule has 0 atom stereocenters. The van der Waals surface area contributed by atoms with Crippen LogP contribution in [-0.2, 0) is 12.8 Å². The highest BCUT2D eigenvalue weighted by atomic mass is 79.9. The number of hydrogen-bond donors (Lipinski definition) is 0. The monoisotopic (exact) mass is 316 g/mol. The zero-order chi connectivity index (χ0) is 13.4. The number of rotatable bonds is 2. The van der Waals surface area contributed by atoms with Crippen molar-refractivity contribution in [3.63, 3.8) is 0 Å². The predicted octanol–water partition coefficient (Wildman–Crippen LogP) is 4.41. The molecule has 0 spiro atoms. The highest BCUT2D eigenvalue weighted by Crippen LogP contribution is 2.30. The van der Waals surface area contributed by atoms with Gasteiger partial charge in [-0.05, 0) is 77.0 Å². The van der Waals surface area contributed by atoms with Crippen LogP contribution in [0.2, 0.25) is 0 Å². The highest BCUT2D eigenvalue weighted by Gasteiger charge is 2.14. The van der Waals surface area contributed by atoms with Gasteiger partial charge in [0.15, 0.2) is 0 Å². The number of hydrogen-bond acceptors (Lipinski definition) is 2. The molecule has 0 bridgehead atoms. The molecule has 0 amide bonds. The molecule has 2 nitrogen and oxygen atoms in total. The van der Waals surface area contributed by atoms with Crippen LogP contribution < -0.4 is 4.90 Å². The number of fused-ring (bicyclic) bond motifs is 1. The Morgan fingerprint density at radius 3 is 2.74 bits per heavy atom. The molecule has 1 aromatic heterocycles. The smallest absolute Gasteiger partial charge is 0.135 e. The van der Waals surface area contributed by atoms with Gasteiger partial charge in [0.25, 0.3) is 0 Å². The average Bonchev–Trinajstić information content (AvgIpc) is 2.85. The lowest BCUT2D eigenvalue weighted by Crippen LogP contribution is -2.13. The summed E-state index contributed by atoms with van der Waals surface area (Å²) in [7, 11) is 2.08. The summed E-state index contributed by atoms with van der Waals surface area (Å²) in [5.41, 5.74) is 5.41. The van der Waals surface area contributed by atoms with Crippen LogP contribution >= 0.6 is 15.9 Å². The third-order valence-electron chi connectivity index (χ3n) is 3.80. The van der Waals surface area contributed by atoms with Gasteiger partial charge in [-0.3, -0.25) is 0 Å². The van der Waals surface area contributed by atoms with Gasteiger partial charge in [-0.1, -0.05) is 6.07 Å². The second-order valence-electron chi connectivity index (χ2n) is 5.16. The van der Waals surface area contributed by atoms with Gasteiger partial charge in [-0.15, -0.1) is 0 Å². The summed E-state index contributed by atoms with van der Waals surface area (Å²) in [4.78, 5) is 6.69. The topological polar surface area (TPSA) is 16.1 Å². The Bertz CT molecular complexity index is 622.